The Kier molecular flexibility index (Phi) is 8.21. The molecular weight excluding hydrogens is 466 g/mol. The summed E-state index contributed by atoms with van der Waals surface area (Å²) in [5.41, 5.74) is 21.0. The Morgan fingerprint density at radius 2 is 1.62 bits per heavy atom. The highest BCUT2D eigenvalue weighted by Gasteiger charge is 2.09. The van der Waals surface area contributed by atoms with Gasteiger partial charge < -0.3 is 27.4 Å². The molecule has 10 N–H and O–H groups in total. The van der Waals surface area contributed by atoms with E-state index in [2.05, 4.69) is 15.2 Å². The Balaban J connectivity index is 0.000000619. The van der Waals surface area contributed by atoms with Crippen molar-refractivity contribution in [3.63, 3.8) is 0 Å². The number of azo groups is 1. The SMILES string of the molecule is CCOc1ccc2nc3cc(/N=N/c4ccc(N)nc4N)ccc3c(N)c2c1.O.O=S(=O)(O)O. The first-order valence-electron chi connectivity index (χ1n) is 9.44. The fourth-order valence-electron chi connectivity index (χ4n) is 2.94. The first kappa shape index (κ1) is 26.1. The number of nitrogen functional groups attached to an aromatic ring is 3. The number of fused-ring (bicyclic) bond motifs is 2. The number of ether oxygens (including phenoxy) is 1. The van der Waals surface area contributed by atoms with Gasteiger partial charge in [0.15, 0.2) is 5.82 Å². The van der Waals surface area contributed by atoms with Crippen LogP contribution < -0.4 is 21.9 Å². The van der Waals surface area contributed by atoms with Crippen LogP contribution in [0.4, 0.5) is 28.7 Å². The summed E-state index contributed by atoms with van der Waals surface area (Å²) >= 11 is 0. The molecule has 0 atom stereocenters. The highest BCUT2D eigenvalue weighted by Crippen LogP contribution is 2.33. The second kappa shape index (κ2) is 10.7. The number of nitrogens with two attached hydrogens (primary N) is 3. The molecule has 0 saturated heterocycles. The summed E-state index contributed by atoms with van der Waals surface area (Å²) in [7, 11) is -4.67. The molecule has 0 unspecified atom stereocenters. The largest absolute Gasteiger partial charge is 0.494 e. The van der Waals surface area contributed by atoms with E-state index in [9.17, 15) is 0 Å². The topological polar surface area (TPSA) is 244 Å². The van der Waals surface area contributed by atoms with E-state index >= 15 is 0 Å². The van der Waals surface area contributed by atoms with Crippen LogP contribution in [0.15, 0.2) is 58.8 Å². The molecule has 34 heavy (non-hydrogen) atoms. The highest BCUT2D eigenvalue weighted by atomic mass is 32.3. The third-order valence-corrected chi connectivity index (χ3v) is 4.28. The lowest BCUT2D eigenvalue weighted by Gasteiger charge is -2.09. The molecule has 0 fully saturated rings. The van der Waals surface area contributed by atoms with Gasteiger partial charge in [0.25, 0.3) is 0 Å². The van der Waals surface area contributed by atoms with Crippen molar-refractivity contribution in [3.05, 3.63) is 48.5 Å². The summed E-state index contributed by atoms with van der Waals surface area (Å²) in [6.45, 7) is 2.53. The van der Waals surface area contributed by atoms with Crippen LogP contribution in [-0.4, -0.2) is 39.6 Å². The van der Waals surface area contributed by atoms with Crippen molar-refractivity contribution < 1.29 is 27.7 Å². The smallest absolute Gasteiger partial charge is 0.394 e. The Morgan fingerprint density at radius 3 is 2.26 bits per heavy atom. The molecule has 0 saturated carbocycles. The second-order valence-electron chi connectivity index (χ2n) is 6.63. The van der Waals surface area contributed by atoms with E-state index in [1.165, 1.54) is 0 Å². The van der Waals surface area contributed by atoms with Crippen LogP contribution in [0.3, 0.4) is 0 Å². The Morgan fingerprint density at radius 1 is 0.912 bits per heavy atom. The van der Waals surface area contributed by atoms with Crippen molar-refractivity contribution in [2.45, 2.75) is 6.92 Å². The van der Waals surface area contributed by atoms with E-state index in [0.29, 0.717) is 29.5 Å². The number of anilines is 3. The molecule has 4 rings (SSSR count). The minimum atomic E-state index is -4.67. The molecule has 0 bridgehead atoms. The average molecular weight is 490 g/mol. The molecule has 0 aliphatic heterocycles. The van der Waals surface area contributed by atoms with Crippen LogP contribution in [-0.2, 0) is 10.4 Å². The van der Waals surface area contributed by atoms with E-state index in [-0.39, 0.29) is 11.3 Å². The summed E-state index contributed by atoms with van der Waals surface area (Å²) in [6, 6.07) is 14.5. The lowest BCUT2D eigenvalue weighted by Crippen LogP contribution is -1.95. The Labute approximate surface area is 194 Å². The Hall–Kier alpha value is -4.11. The van der Waals surface area contributed by atoms with Gasteiger partial charge in [0, 0.05) is 10.8 Å². The maximum Gasteiger partial charge on any atom is 0.394 e. The predicted octanol–water partition coefficient (Wildman–Crippen LogP) is 2.87. The molecule has 4 aromatic rings. The first-order chi connectivity index (χ1) is 15.5. The summed E-state index contributed by atoms with van der Waals surface area (Å²) < 4.78 is 37.1. The molecule has 14 heteroatoms. The minimum Gasteiger partial charge on any atom is -0.494 e. The van der Waals surface area contributed by atoms with Gasteiger partial charge in [0.05, 0.1) is 29.0 Å². The van der Waals surface area contributed by atoms with E-state index in [0.717, 1.165) is 27.6 Å². The zero-order valence-electron chi connectivity index (χ0n) is 17.9. The fraction of sp³-hybridized carbons (Fsp3) is 0.100. The monoisotopic (exact) mass is 489 g/mol. The van der Waals surface area contributed by atoms with Crippen LogP contribution in [0.1, 0.15) is 6.92 Å². The Bertz CT molecular complexity index is 1450. The molecule has 2 aromatic heterocycles. The van der Waals surface area contributed by atoms with Crippen LogP contribution in [0.25, 0.3) is 21.8 Å². The number of nitrogens with zero attached hydrogens (tertiary/aromatic N) is 4. The molecule has 0 amide bonds. The molecular formula is C20H23N7O6S. The number of aromatic nitrogens is 2. The van der Waals surface area contributed by atoms with Gasteiger partial charge in [-0.3, -0.25) is 9.11 Å². The first-order valence-corrected chi connectivity index (χ1v) is 10.8. The van der Waals surface area contributed by atoms with Crippen molar-refractivity contribution in [3.8, 4) is 5.75 Å². The summed E-state index contributed by atoms with van der Waals surface area (Å²) in [6.07, 6.45) is 0. The van der Waals surface area contributed by atoms with Crippen molar-refractivity contribution in [1.29, 1.82) is 0 Å². The number of benzene rings is 2. The van der Waals surface area contributed by atoms with E-state index in [4.69, 9.17) is 44.4 Å². The standard InChI is InChI=1S/C20H19N7O.H2O4S.H2O/c1-2-28-12-4-6-15-14(10-12)19(22)13-5-3-11(9-17(13)24-15)26-27-16-7-8-18(21)25-20(16)23;1-5(2,3)4;/h3-10H,2H2,1H3,(H2,22,24)(H4,21,23,25);(H2,1,2,3,4);1H2/b27-26+;;. The molecule has 0 spiro atoms. The van der Waals surface area contributed by atoms with Gasteiger partial charge >= 0.3 is 10.4 Å². The third kappa shape index (κ3) is 6.69. The number of hydrogen-bond acceptors (Lipinski definition) is 10. The normalized spacial score (nSPS) is 11.1. The van der Waals surface area contributed by atoms with Gasteiger partial charge in [0.1, 0.15) is 17.3 Å². The fourth-order valence-corrected chi connectivity index (χ4v) is 2.94. The molecule has 180 valence electrons. The molecule has 2 heterocycles. The van der Waals surface area contributed by atoms with Gasteiger partial charge in [-0.2, -0.15) is 13.5 Å². The van der Waals surface area contributed by atoms with Crippen molar-refractivity contribution in [1.82, 2.24) is 9.97 Å². The van der Waals surface area contributed by atoms with E-state index in [1.54, 1.807) is 12.1 Å². The molecule has 0 radical (unpaired) electrons. The van der Waals surface area contributed by atoms with Crippen molar-refractivity contribution >= 4 is 60.9 Å². The molecule has 0 aliphatic rings. The lowest BCUT2D eigenvalue weighted by atomic mass is 10.1. The van der Waals surface area contributed by atoms with Gasteiger partial charge in [-0.05, 0) is 55.5 Å². The highest BCUT2D eigenvalue weighted by molar-refractivity contribution is 7.79. The van der Waals surface area contributed by atoms with Crippen LogP contribution in [0, 0.1) is 0 Å². The van der Waals surface area contributed by atoms with E-state index in [1.807, 2.05) is 43.3 Å². The summed E-state index contributed by atoms with van der Waals surface area (Å²) in [5.74, 6) is 1.33. The third-order valence-electron chi connectivity index (χ3n) is 4.28. The molecule has 0 aliphatic carbocycles. The number of pyridine rings is 2. The molecule has 13 nitrogen and oxygen atoms in total. The number of hydrogen-bond donors (Lipinski definition) is 5. The summed E-state index contributed by atoms with van der Waals surface area (Å²) in [5, 5.41) is 10.1. The predicted molar refractivity (Wildman–Crippen MR) is 130 cm³/mol. The maximum atomic E-state index is 8.74. The summed E-state index contributed by atoms with van der Waals surface area (Å²) in [4.78, 5) is 8.66. The lowest BCUT2D eigenvalue weighted by molar-refractivity contribution is 0.340. The minimum absolute atomic E-state index is 0. The van der Waals surface area contributed by atoms with Gasteiger partial charge in [0.2, 0.25) is 0 Å². The number of rotatable bonds is 4. The van der Waals surface area contributed by atoms with Crippen LogP contribution in [0.2, 0.25) is 0 Å². The van der Waals surface area contributed by atoms with Gasteiger partial charge in [-0.1, -0.05) is 0 Å². The average Bonchev–Trinajstić information content (AvgIpc) is 2.73. The second-order valence-corrected chi connectivity index (χ2v) is 7.52. The molecule has 2 aromatic carbocycles. The van der Waals surface area contributed by atoms with E-state index < -0.39 is 10.4 Å². The zero-order valence-corrected chi connectivity index (χ0v) is 18.7. The van der Waals surface area contributed by atoms with Crippen molar-refractivity contribution in [2.75, 3.05) is 23.8 Å². The zero-order chi connectivity index (χ0) is 24.2. The van der Waals surface area contributed by atoms with Crippen molar-refractivity contribution in [2.24, 2.45) is 10.2 Å². The van der Waals surface area contributed by atoms with Crippen LogP contribution in [0.5, 0.6) is 5.75 Å². The quantitative estimate of drug-likeness (QED) is 0.159. The van der Waals surface area contributed by atoms with Gasteiger partial charge in [-0.15, -0.1) is 5.11 Å². The van der Waals surface area contributed by atoms with Crippen LogP contribution >= 0.6 is 0 Å². The maximum absolute atomic E-state index is 8.74. The van der Waals surface area contributed by atoms with Gasteiger partial charge in [-0.25, -0.2) is 9.97 Å².